The summed E-state index contributed by atoms with van der Waals surface area (Å²) >= 11 is 0. The fourth-order valence-corrected chi connectivity index (χ4v) is 1.49. The monoisotopic (exact) mass is 228 g/mol. The molecule has 0 spiro atoms. The lowest BCUT2D eigenvalue weighted by molar-refractivity contribution is -0.842. The second-order valence-corrected chi connectivity index (χ2v) is 3.47. The van der Waals surface area contributed by atoms with E-state index in [1.807, 2.05) is 6.92 Å². The van der Waals surface area contributed by atoms with E-state index in [0.29, 0.717) is 12.2 Å². The van der Waals surface area contributed by atoms with Crippen LogP contribution >= 0.6 is 0 Å². The first kappa shape index (κ1) is 12.9. The minimum Gasteiger partial charge on any atom is -0.465 e. The van der Waals surface area contributed by atoms with Crippen molar-refractivity contribution in [3.63, 3.8) is 0 Å². The summed E-state index contributed by atoms with van der Waals surface area (Å²) < 4.78 is 10.1. The van der Waals surface area contributed by atoms with E-state index in [-0.39, 0.29) is 12.1 Å². The largest absolute Gasteiger partial charge is 0.465 e. The predicted molar refractivity (Wildman–Crippen MR) is 57.1 cm³/mol. The molecule has 0 bridgehead atoms. The van der Waals surface area contributed by atoms with Gasteiger partial charge in [-0.1, -0.05) is 0 Å². The van der Waals surface area contributed by atoms with Crippen LogP contribution in [0.3, 0.4) is 0 Å². The maximum atomic E-state index is 11.5. The van der Waals surface area contributed by atoms with Crippen molar-refractivity contribution in [3.05, 3.63) is 23.4 Å². The first-order valence-electron chi connectivity index (χ1n) is 5.15. The number of quaternary nitrogens is 1. The van der Waals surface area contributed by atoms with Gasteiger partial charge in [-0.3, -0.25) is 0 Å². The Morgan fingerprint density at radius 3 is 2.81 bits per heavy atom. The molecule has 0 aliphatic carbocycles. The van der Waals surface area contributed by atoms with Crippen molar-refractivity contribution in [1.82, 2.24) is 0 Å². The van der Waals surface area contributed by atoms with Crippen molar-refractivity contribution in [1.29, 1.82) is 0 Å². The molecule has 90 valence electrons. The Hall–Kier alpha value is -1.17. The Morgan fingerprint density at radius 2 is 2.31 bits per heavy atom. The van der Waals surface area contributed by atoms with Crippen molar-refractivity contribution in [2.45, 2.75) is 19.4 Å². The Labute approximate surface area is 95.0 Å². The highest BCUT2D eigenvalue weighted by Gasteiger charge is 2.19. The summed E-state index contributed by atoms with van der Waals surface area (Å²) in [6.07, 6.45) is 4.31. The lowest BCUT2D eigenvalue weighted by atomic mass is 10.1. The summed E-state index contributed by atoms with van der Waals surface area (Å²) in [5.41, 5.74) is 3.02. The molecule has 1 rings (SSSR count). The lowest BCUT2D eigenvalue weighted by Gasteiger charge is -2.04. The molecule has 16 heavy (non-hydrogen) atoms. The molecule has 1 unspecified atom stereocenters. The van der Waals surface area contributed by atoms with Crippen LogP contribution in [0.1, 0.15) is 13.3 Å². The van der Waals surface area contributed by atoms with Gasteiger partial charge in [0.05, 0.1) is 26.9 Å². The minimum atomic E-state index is -0.375. The zero-order valence-electron chi connectivity index (χ0n) is 9.86. The van der Waals surface area contributed by atoms with Crippen LogP contribution in [-0.4, -0.2) is 32.9 Å². The van der Waals surface area contributed by atoms with E-state index in [1.165, 1.54) is 19.7 Å². The van der Waals surface area contributed by atoms with E-state index in [0.717, 1.165) is 12.0 Å². The van der Waals surface area contributed by atoms with E-state index in [9.17, 15) is 4.79 Å². The lowest BCUT2D eigenvalue weighted by Crippen LogP contribution is -2.76. The molecule has 0 aromatic rings. The van der Waals surface area contributed by atoms with Gasteiger partial charge in [-0.2, -0.15) is 5.48 Å². The Bertz CT molecular complexity index is 309. The summed E-state index contributed by atoms with van der Waals surface area (Å²) in [4.78, 5) is 16.2. The van der Waals surface area contributed by atoms with Crippen LogP contribution in [0.5, 0.6) is 0 Å². The average Bonchev–Trinajstić information content (AvgIpc) is 2.69. The van der Waals surface area contributed by atoms with Gasteiger partial charge >= 0.3 is 5.97 Å². The van der Waals surface area contributed by atoms with Gasteiger partial charge < -0.3 is 9.47 Å². The number of carbonyl (C=O) groups is 1. The van der Waals surface area contributed by atoms with Gasteiger partial charge in [-0.05, 0) is 25.0 Å². The van der Waals surface area contributed by atoms with Crippen LogP contribution in [-0.2, 0) is 19.1 Å². The molecule has 1 saturated heterocycles. The van der Waals surface area contributed by atoms with Crippen LogP contribution in [0.25, 0.3) is 0 Å². The van der Waals surface area contributed by atoms with Gasteiger partial charge in [0, 0.05) is 0 Å². The number of carbonyl (C=O) groups excluding carboxylic acids is 1. The highest BCUT2D eigenvalue weighted by Crippen LogP contribution is 2.20. The quantitative estimate of drug-likeness (QED) is 0.415. The molecule has 0 amide bonds. The normalized spacial score (nSPS) is 23.8. The van der Waals surface area contributed by atoms with Gasteiger partial charge in [0.15, 0.2) is 0 Å². The highest BCUT2D eigenvalue weighted by atomic mass is 16.6. The molecule has 0 aromatic heterocycles. The molecule has 5 heteroatoms. The van der Waals surface area contributed by atoms with Crippen molar-refractivity contribution < 1.29 is 24.6 Å². The van der Waals surface area contributed by atoms with Crippen LogP contribution in [0.15, 0.2) is 23.4 Å². The summed E-state index contributed by atoms with van der Waals surface area (Å²) in [6.45, 7) is 2.67. The molecule has 0 saturated carbocycles. The van der Waals surface area contributed by atoms with Crippen molar-refractivity contribution in [2.24, 2.45) is 0 Å². The molecule has 1 aliphatic rings. The van der Waals surface area contributed by atoms with Gasteiger partial charge in [-0.15, -0.1) is 0 Å². The van der Waals surface area contributed by atoms with E-state index >= 15 is 0 Å². The number of methoxy groups -OCH3 is 1. The van der Waals surface area contributed by atoms with Crippen molar-refractivity contribution >= 4 is 5.97 Å². The van der Waals surface area contributed by atoms with E-state index in [2.05, 4.69) is 4.74 Å². The number of rotatable bonds is 4. The number of hydroxylamine groups is 1. The van der Waals surface area contributed by atoms with Gasteiger partial charge in [-0.25, -0.2) is 9.63 Å². The van der Waals surface area contributed by atoms with Crippen LogP contribution in [0, 0.1) is 0 Å². The van der Waals surface area contributed by atoms with E-state index in [1.54, 1.807) is 12.3 Å². The standard InChI is InChI=1S/C11H17NO4/c1-8-9(4-5-16-8)6-10(7-12-15-3)11(13)14-2/h6-8,12H,4-5H2,1-3H3/p+1/b9-6+,10-7+. The molecule has 1 aliphatic heterocycles. The molecule has 1 fully saturated rings. The number of hydrogen-bond acceptors (Lipinski definition) is 4. The topological polar surface area (TPSA) is 61.4 Å². The Kier molecular flexibility index (Phi) is 5.18. The second-order valence-electron chi connectivity index (χ2n) is 3.47. The molecule has 0 aromatic carbocycles. The van der Waals surface area contributed by atoms with Gasteiger partial charge in [0.25, 0.3) is 0 Å². The molecule has 0 radical (unpaired) electrons. The SMILES string of the molecule is CO[NH2+]/C=C(\C=C1/CCOC1C)C(=O)OC. The van der Waals surface area contributed by atoms with E-state index < -0.39 is 0 Å². The predicted octanol–water partition coefficient (Wildman–Crippen LogP) is -0.0967. The summed E-state index contributed by atoms with van der Waals surface area (Å²) in [7, 11) is 2.88. The van der Waals surface area contributed by atoms with Crippen LogP contribution in [0.2, 0.25) is 0 Å². The smallest absolute Gasteiger partial charge is 0.343 e. The fraction of sp³-hybridized carbons (Fsp3) is 0.545. The maximum absolute atomic E-state index is 11.5. The first-order chi connectivity index (χ1) is 7.69. The molecular formula is C11H18NO4+. The number of nitrogens with two attached hydrogens (primary N) is 1. The Balaban J connectivity index is 2.81. The van der Waals surface area contributed by atoms with Crippen molar-refractivity contribution in [2.75, 3.05) is 20.8 Å². The molecular weight excluding hydrogens is 210 g/mol. The zero-order chi connectivity index (χ0) is 12.0. The summed E-state index contributed by atoms with van der Waals surface area (Å²) in [5.74, 6) is -0.375. The molecule has 5 nitrogen and oxygen atoms in total. The molecule has 1 heterocycles. The zero-order valence-corrected chi connectivity index (χ0v) is 9.86. The summed E-state index contributed by atoms with van der Waals surface area (Å²) in [6, 6.07) is 0. The second kappa shape index (κ2) is 6.42. The number of esters is 1. The number of ether oxygens (including phenoxy) is 2. The molecule has 1 atom stereocenters. The van der Waals surface area contributed by atoms with Crippen molar-refractivity contribution in [3.8, 4) is 0 Å². The minimum absolute atomic E-state index is 0.0654. The first-order valence-corrected chi connectivity index (χ1v) is 5.15. The third kappa shape index (κ3) is 3.44. The van der Waals surface area contributed by atoms with Gasteiger partial charge in [0.2, 0.25) is 0 Å². The number of hydrogen-bond donors (Lipinski definition) is 1. The third-order valence-corrected chi connectivity index (χ3v) is 2.43. The van der Waals surface area contributed by atoms with E-state index in [4.69, 9.17) is 9.57 Å². The summed E-state index contributed by atoms with van der Waals surface area (Å²) in [5, 5.41) is 0. The Morgan fingerprint density at radius 1 is 1.56 bits per heavy atom. The maximum Gasteiger partial charge on any atom is 0.343 e. The molecule has 2 N–H and O–H groups in total. The average molecular weight is 228 g/mol. The fourth-order valence-electron chi connectivity index (χ4n) is 1.49. The highest BCUT2D eigenvalue weighted by molar-refractivity contribution is 5.91. The third-order valence-electron chi connectivity index (χ3n) is 2.43. The van der Waals surface area contributed by atoms with Crippen LogP contribution < -0.4 is 5.48 Å². The van der Waals surface area contributed by atoms with Gasteiger partial charge in [0.1, 0.15) is 11.8 Å². The van der Waals surface area contributed by atoms with Crippen LogP contribution in [0.4, 0.5) is 0 Å².